The summed E-state index contributed by atoms with van der Waals surface area (Å²) in [4.78, 5) is 20.3. The van der Waals surface area contributed by atoms with E-state index in [2.05, 4.69) is 20.6 Å². The molecule has 120 valence electrons. The quantitative estimate of drug-likeness (QED) is 0.756. The molecule has 0 bridgehead atoms. The summed E-state index contributed by atoms with van der Waals surface area (Å²) in [7, 11) is 0. The van der Waals surface area contributed by atoms with Crippen LogP contribution in [0.25, 0.3) is 0 Å². The smallest absolute Gasteiger partial charge is 0.253 e. The van der Waals surface area contributed by atoms with Crippen LogP contribution in [0.4, 0.5) is 15.8 Å². The van der Waals surface area contributed by atoms with E-state index in [-0.39, 0.29) is 11.7 Å². The van der Waals surface area contributed by atoms with Crippen molar-refractivity contribution in [3.05, 3.63) is 84.2 Å². The number of halogens is 1. The molecule has 5 nitrogen and oxygen atoms in total. The summed E-state index contributed by atoms with van der Waals surface area (Å²) in [5.74, 6) is -0.576. The van der Waals surface area contributed by atoms with E-state index in [9.17, 15) is 9.18 Å². The third kappa shape index (κ3) is 4.13. The number of pyridine rings is 2. The number of nitrogens with one attached hydrogen (secondary N) is 2. The number of amides is 1. The number of hydrogen-bond donors (Lipinski definition) is 2. The number of anilines is 2. The van der Waals surface area contributed by atoms with Gasteiger partial charge in [-0.15, -0.1) is 0 Å². The van der Waals surface area contributed by atoms with E-state index in [1.807, 2.05) is 12.1 Å². The van der Waals surface area contributed by atoms with Crippen molar-refractivity contribution in [3.63, 3.8) is 0 Å². The zero-order valence-corrected chi connectivity index (χ0v) is 12.7. The molecule has 3 rings (SSSR count). The number of benzene rings is 1. The average Bonchev–Trinajstić information content (AvgIpc) is 2.61. The van der Waals surface area contributed by atoms with Gasteiger partial charge in [0.2, 0.25) is 0 Å². The highest BCUT2D eigenvalue weighted by atomic mass is 19.1. The molecular formula is C18H15FN4O. The van der Waals surface area contributed by atoms with E-state index in [1.54, 1.807) is 36.8 Å². The predicted octanol–water partition coefficient (Wildman–Crippen LogP) is 3.29. The normalized spacial score (nSPS) is 10.2. The summed E-state index contributed by atoms with van der Waals surface area (Å²) in [6.07, 6.45) is 6.43. The summed E-state index contributed by atoms with van der Waals surface area (Å²) < 4.78 is 13.2. The van der Waals surface area contributed by atoms with Crippen LogP contribution in [-0.2, 0) is 6.54 Å². The second-order valence-electron chi connectivity index (χ2n) is 5.14. The Balaban J connectivity index is 1.67. The SMILES string of the molecule is O=C(NCc1cccnc1)c1cncc(Nc2cccc(F)c2)c1. The number of rotatable bonds is 5. The van der Waals surface area contributed by atoms with Crippen molar-refractivity contribution < 1.29 is 9.18 Å². The lowest BCUT2D eigenvalue weighted by Crippen LogP contribution is -2.23. The van der Waals surface area contributed by atoms with Gasteiger partial charge in [-0.3, -0.25) is 14.8 Å². The molecule has 0 atom stereocenters. The van der Waals surface area contributed by atoms with Gasteiger partial charge in [0.05, 0.1) is 17.4 Å². The third-order valence-corrected chi connectivity index (χ3v) is 3.29. The lowest BCUT2D eigenvalue weighted by molar-refractivity contribution is 0.0950. The lowest BCUT2D eigenvalue weighted by atomic mass is 10.2. The number of hydrogen-bond acceptors (Lipinski definition) is 4. The van der Waals surface area contributed by atoms with Crippen molar-refractivity contribution in [1.29, 1.82) is 0 Å². The average molecular weight is 322 g/mol. The van der Waals surface area contributed by atoms with E-state index in [0.717, 1.165) is 5.56 Å². The maximum absolute atomic E-state index is 13.2. The van der Waals surface area contributed by atoms with Gasteiger partial charge in [0.25, 0.3) is 5.91 Å². The summed E-state index contributed by atoms with van der Waals surface area (Å²) in [5.41, 5.74) is 2.52. The highest BCUT2D eigenvalue weighted by molar-refractivity contribution is 5.94. The van der Waals surface area contributed by atoms with E-state index < -0.39 is 0 Å². The van der Waals surface area contributed by atoms with E-state index >= 15 is 0 Å². The zero-order valence-electron chi connectivity index (χ0n) is 12.7. The monoisotopic (exact) mass is 322 g/mol. The number of aromatic nitrogens is 2. The van der Waals surface area contributed by atoms with Gasteiger partial charge in [-0.25, -0.2) is 4.39 Å². The van der Waals surface area contributed by atoms with Gasteiger partial charge in [0.15, 0.2) is 0 Å². The van der Waals surface area contributed by atoms with Crippen LogP contribution in [0.2, 0.25) is 0 Å². The zero-order chi connectivity index (χ0) is 16.8. The number of carbonyl (C=O) groups excluding carboxylic acids is 1. The van der Waals surface area contributed by atoms with Crippen molar-refractivity contribution in [2.45, 2.75) is 6.54 Å². The standard InChI is InChI=1S/C18H15FN4O/c19-15-4-1-5-16(8-15)23-17-7-14(11-21-12-17)18(24)22-10-13-3-2-6-20-9-13/h1-9,11-12,23H,10H2,(H,22,24). The van der Waals surface area contributed by atoms with Crippen molar-refractivity contribution in [2.75, 3.05) is 5.32 Å². The lowest BCUT2D eigenvalue weighted by Gasteiger charge is -2.09. The highest BCUT2D eigenvalue weighted by Crippen LogP contribution is 2.17. The van der Waals surface area contributed by atoms with Gasteiger partial charge in [-0.2, -0.15) is 0 Å². The first-order valence-electron chi connectivity index (χ1n) is 7.35. The molecule has 2 N–H and O–H groups in total. The fourth-order valence-electron chi connectivity index (χ4n) is 2.15. The number of carbonyl (C=O) groups is 1. The van der Waals surface area contributed by atoms with Crippen LogP contribution < -0.4 is 10.6 Å². The molecule has 0 aliphatic rings. The molecule has 0 unspecified atom stereocenters. The van der Waals surface area contributed by atoms with Crippen LogP contribution in [0, 0.1) is 5.82 Å². The second-order valence-corrected chi connectivity index (χ2v) is 5.14. The fourth-order valence-corrected chi connectivity index (χ4v) is 2.15. The van der Waals surface area contributed by atoms with Gasteiger partial charge in [-0.05, 0) is 35.9 Å². The van der Waals surface area contributed by atoms with Crippen molar-refractivity contribution in [3.8, 4) is 0 Å². The molecule has 0 radical (unpaired) electrons. The second kappa shape index (κ2) is 7.32. The summed E-state index contributed by atoms with van der Waals surface area (Å²) >= 11 is 0. The van der Waals surface area contributed by atoms with E-state index in [1.165, 1.54) is 18.3 Å². The van der Waals surface area contributed by atoms with Crippen molar-refractivity contribution in [1.82, 2.24) is 15.3 Å². The maximum Gasteiger partial charge on any atom is 0.253 e. The first-order valence-corrected chi connectivity index (χ1v) is 7.35. The Bertz CT molecular complexity index is 839. The molecule has 3 aromatic rings. The van der Waals surface area contributed by atoms with Crippen LogP contribution >= 0.6 is 0 Å². The molecular weight excluding hydrogens is 307 g/mol. The summed E-state index contributed by atoms with van der Waals surface area (Å²) in [6, 6.07) is 11.4. The molecule has 24 heavy (non-hydrogen) atoms. The Morgan fingerprint density at radius 1 is 1.00 bits per heavy atom. The van der Waals surface area contributed by atoms with Crippen molar-refractivity contribution in [2.24, 2.45) is 0 Å². The summed E-state index contributed by atoms with van der Waals surface area (Å²) in [5, 5.41) is 5.83. The van der Waals surface area contributed by atoms with Gasteiger partial charge in [-0.1, -0.05) is 12.1 Å². The molecule has 0 fully saturated rings. The van der Waals surface area contributed by atoms with E-state index in [4.69, 9.17) is 0 Å². The molecule has 1 aromatic carbocycles. The topological polar surface area (TPSA) is 66.9 Å². The molecule has 1 amide bonds. The Morgan fingerprint density at radius 2 is 1.92 bits per heavy atom. The van der Waals surface area contributed by atoms with Crippen molar-refractivity contribution >= 4 is 17.3 Å². The van der Waals surface area contributed by atoms with Crippen LogP contribution in [-0.4, -0.2) is 15.9 Å². The Kier molecular flexibility index (Phi) is 4.76. The molecule has 0 saturated heterocycles. The number of nitrogens with zero attached hydrogens (tertiary/aromatic N) is 2. The Morgan fingerprint density at radius 3 is 2.71 bits per heavy atom. The minimum atomic E-state index is -0.335. The predicted molar refractivity (Wildman–Crippen MR) is 89.3 cm³/mol. The third-order valence-electron chi connectivity index (χ3n) is 3.29. The van der Waals surface area contributed by atoms with Crippen LogP contribution in [0.3, 0.4) is 0 Å². The molecule has 2 aromatic heterocycles. The van der Waals surface area contributed by atoms with Gasteiger partial charge >= 0.3 is 0 Å². The van der Waals surface area contributed by atoms with Crippen LogP contribution in [0.1, 0.15) is 15.9 Å². The van der Waals surface area contributed by atoms with Crippen LogP contribution in [0.5, 0.6) is 0 Å². The first kappa shape index (κ1) is 15.6. The fraction of sp³-hybridized carbons (Fsp3) is 0.0556. The van der Waals surface area contributed by atoms with Crippen LogP contribution in [0.15, 0.2) is 67.3 Å². The molecule has 0 spiro atoms. The van der Waals surface area contributed by atoms with Gasteiger partial charge in [0, 0.05) is 30.8 Å². The molecule has 6 heteroatoms. The largest absolute Gasteiger partial charge is 0.354 e. The molecule has 2 heterocycles. The van der Waals surface area contributed by atoms with Gasteiger partial charge in [0.1, 0.15) is 5.82 Å². The summed E-state index contributed by atoms with van der Waals surface area (Å²) in [6.45, 7) is 0.383. The molecule has 0 saturated carbocycles. The van der Waals surface area contributed by atoms with E-state index in [0.29, 0.717) is 23.5 Å². The minimum absolute atomic E-state index is 0.241. The Labute approximate surface area is 138 Å². The highest BCUT2D eigenvalue weighted by Gasteiger charge is 2.07. The van der Waals surface area contributed by atoms with Gasteiger partial charge < -0.3 is 10.6 Å². The minimum Gasteiger partial charge on any atom is -0.354 e. The molecule has 0 aliphatic heterocycles. The molecule has 0 aliphatic carbocycles. The maximum atomic E-state index is 13.2. The Hall–Kier alpha value is -3.28. The first-order chi connectivity index (χ1) is 11.7.